The Morgan fingerprint density at radius 2 is 0.986 bits per heavy atom. The first-order valence-corrected chi connectivity index (χ1v) is 23.7. The summed E-state index contributed by atoms with van der Waals surface area (Å²) in [6.45, 7) is 0.713. The second-order valence-corrected chi connectivity index (χ2v) is 17.5. The lowest BCUT2D eigenvalue weighted by Crippen LogP contribution is -2.09. The van der Waals surface area contributed by atoms with Crippen molar-refractivity contribution in [3.8, 4) is 45.3 Å². The highest BCUT2D eigenvalue weighted by atomic mass is 32.2. The molecule has 0 fully saturated rings. The van der Waals surface area contributed by atoms with Crippen molar-refractivity contribution in [3.05, 3.63) is 219 Å². The van der Waals surface area contributed by atoms with Crippen molar-refractivity contribution in [2.75, 3.05) is 21.6 Å². The average Bonchev–Trinajstić information content (AvgIpc) is 4.12. The van der Waals surface area contributed by atoms with Crippen molar-refractivity contribution in [2.24, 2.45) is 0 Å². The van der Waals surface area contributed by atoms with Crippen molar-refractivity contribution < 1.29 is 17.9 Å². The maximum Gasteiger partial charge on any atom is 0.229 e. The molecule has 69 heavy (non-hydrogen) atoms. The van der Waals surface area contributed by atoms with E-state index in [0.717, 1.165) is 74.3 Å². The highest BCUT2D eigenvalue weighted by molar-refractivity contribution is 7.92. The number of sulfonamides is 1. The van der Waals surface area contributed by atoms with Crippen molar-refractivity contribution >= 4 is 50.0 Å². The van der Waals surface area contributed by atoms with Crippen LogP contribution in [-0.2, 0) is 16.6 Å². The molecule has 5 heterocycles. The molecule has 0 saturated carbocycles. The molecule has 0 radical (unpaired) electrons. The molecule has 0 aliphatic rings. The lowest BCUT2D eigenvalue weighted by molar-refractivity contribution is 0.482. The van der Waals surface area contributed by atoms with E-state index in [-0.39, 0.29) is 0 Å². The fourth-order valence-electron chi connectivity index (χ4n) is 7.37. The number of hydrogen-bond donors (Lipinski definition) is 3. The molecular formula is C53H43N11O4S. The first kappa shape index (κ1) is 43.6. The Labute approximate surface area is 397 Å². The largest absolute Gasteiger partial charge is 0.457 e. The van der Waals surface area contributed by atoms with Gasteiger partial charge in [-0.05, 0) is 108 Å². The lowest BCUT2D eigenvalue weighted by Gasteiger charge is -2.09. The van der Waals surface area contributed by atoms with Crippen LogP contribution in [0.15, 0.2) is 213 Å². The van der Waals surface area contributed by atoms with Gasteiger partial charge in [-0.3, -0.25) is 9.40 Å². The molecule has 3 N–H and O–H groups in total. The average molecular weight is 930 g/mol. The molecule has 0 saturated heterocycles. The van der Waals surface area contributed by atoms with Crippen LogP contribution < -0.4 is 24.8 Å². The minimum Gasteiger partial charge on any atom is -0.457 e. The maximum absolute atomic E-state index is 11.6. The molecule has 0 spiro atoms. The number of hydrogen-bond acceptors (Lipinski definition) is 11. The van der Waals surface area contributed by atoms with Gasteiger partial charge in [-0.15, -0.1) is 0 Å². The molecule has 0 amide bonds. The van der Waals surface area contributed by atoms with Gasteiger partial charge < -0.3 is 20.1 Å². The van der Waals surface area contributed by atoms with E-state index in [0.29, 0.717) is 23.7 Å². The fraction of sp³-hybridized carbons (Fsp3) is 0.0377. The van der Waals surface area contributed by atoms with Crippen molar-refractivity contribution in [1.82, 2.24) is 39.0 Å². The zero-order valence-electron chi connectivity index (χ0n) is 37.0. The summed E-state index contributed by atoms with van der Waals surface area (Å²) in [6, 6.07) is 55.9. The van der Waals surface area contributed by atoms with Crippen LogP contribution in [-0.4, -0.2) is 53.7 Å². The first-order valence-electron chi connectivity index (χ1n) is 21.8. The molecule has 11 rings (SSSR count). The number of aromatic nitrogens is 8. The minimum absolute atomic E-state index is 0.478. The Balaban J connectivity index is 0.000000160. The van der Waals surface area contributed by atoms with Gasteiger partial charge in [0.1, 0.15) is 34.6 Å². The summed E-state index contributed by atoms with van der Waals surface area (Å²) in [4.78, 5) is 9.53. The van der Waals surface area contributed by atoms with E-state index in [1.165, 1.54) is 5.56 Å². The Hall–Kier alpha value is -9.28. The Bertz CT molecular complexity index is 3590. The summed E-state index contributed by atoms with van der Waals surface area (Å²) < 4.78 is 42.7. The van der Waals surface area contributed by atoms with Crippen LogP contribution in [0.1, 0.15) is 5.56 Å². The fourth-order valence-corrected chi connectivity index (χ4v) is 7.92. The van der Waals surface area contributed by atoms with Gasteiger partial charge in [0.05, 0.1) is 31.4 Å². The third-order valence-electron chi connectivity index (χ3n) is 10.6. The normalized spacial score (nSPS) is 11.1. The van der Waals surface area contributed by atoms with E-state index in [9.17, 15) is 8.42 Å². The van der Waals surface area contributed by atoms with Crippen LogP contribution in [0.5, 0.6) is 23.0 Å². The highest BCUT2D eigenvalue weighted by Crippen LogP contribution is 2.30. The monoisotopic (exact) mass is 929 g/mol. The van der Waals surface area contributed by atoms with Gasteiger partial charge in [0.15, 0.2) is 11.3 Å². The van der Waals surface area contributed by atoms with Gasteiger partial charge in [-0.25, -0.2) is 27.4 Å². The van der Waals surface area contributed by atoms with Gasteiger partial charge in [0.2, 0.25) is 10.0 Å². The molecule has 340 valence electrons. The SMILES string of the molecule is CS(=O)(=O)Nc1cccc(-c2cnn3ccc(Nc4ccc(Oc5ccccc5)cc4)nc23)c1.c1ccc(Cn2cc(-c3cnn4ccc(Nc5ccc(Oc6ccccc6)cc5)nc34)cn2)cc1. The Kier molecular flexibility index (Phi) is 12.4. The second-order valence-electron chi connectivity index (χ2n) is 15.8. The van der Waals surface area contributed by atoms with Crippen LogP contribution in [0.2, 0.25) is 0 Å². The minimum atomic E-state index is -3.37. The zero-order chi connectivity index (χ0) is 47.0. The number of nitrogens with one attached hydrogen (secondary N) is 3. The molecule has 15 nitrogen and oxygen atoms in total. The van der Waals surface area contributed by atoms with Gasteiger partial charge in [-0.1, -0.05) is 78.9 Å². The van der Waals surface area contributed by atoms with Gasteiger partial charge >= 0.3 is 0 Å². The number of para-hydroxylation sites is 2. The smallest absolute Gasteiger partial charge is 0.229 e. The van der Waals surface area contributed by atoms with E-state index in [1.54, 1.807) is 33.4 Å². The Morgan fingerprint density at radius 3 is 1.51 bits per heavy atom. The number of fused-ring (bicyclic) bond motifs is 2. The molecule has 0 aliphatic heterocycles. The molecule has 0 unspecified atom stereocenters. The van der Waals surface area contributed by atoms with E-state index < -0.39 is 10.0 Å². The highest BCUT2D eigenvalue weighted by Gasteiger charge is 2.14. The number of nitrogens with zero attached hydrogens (tertiary/aromatic N) is 8. The third kappa shape index (κ3) is 11.1. The molecular weight excluding hydrogens is 887 g/mol. The number of rotatable bonds is 14. The van der Waals surface area contributed by atoms with Crippen LogP contribution in [0.3, 0.4) is 0 Å². The third-order valence-corrected chi connectivity index (χ3v) is 11.2. The predicted molar refractivity (Wildman–Crippen MR) is 269 cm³/mol. The zero-order valence-corrected chi connectivity index (χ0v) is 37.8. The number of ether oxygens (including phenoxy) is 2. The van der Waals surface area contributed by atoms with Crippen LogP contribution >= 0.6 is 0 Å². The summed E-state index contributed by atoms with van der Waals surface area (Å²) in [5.74, 6) is 4.47. The second kappa shape index (κ2) is 19.7. The summed E-state index contributed by atoms with van der Waals surface area (Å²) in [7, 11) is -3.37. The summed E-state index contributed by atoms with van der Waals surface area (Å²) in [5, 5.41) is 20.0. The van der Waals surface area contributed by atoms with E-state index >= 15 is 0 Å². The molecule has 16 heteroatoms. The number of benzene rings is 6. The maximum atomic E-state index is 11.6. The van der Waals surface area contributed by atoms with E-state index in [2.05, 4.69) is 42.8 Å². The van der Waals surface area contributed by atoms with E-state index in [1.807, 2.05) is 181 Å². The van der Waals surface area contributed by atoms with Gasteiger partial charge in [0.25, 0.3) is 0 Å². The van der Waals surface area contributed by atoms with Gasteiger partial charge in [0, 0.05) is 52.3 Å². The molecule has 0 aliphatic carbocycles. The molecule has 0 bridgehead atoms. The predicted octanol–water partition coefficient (Wildman–Crippen LogP) is 11.5. The van der Waals surface area contributed by atoms with Crippen molar-refractivity contribution in [3.63, 3.8) is 0 Å². The van der Waals surface area contributed by atoms with Crippen LogP contribution in [0.25, 0.3) is 33.5 Å². The standard InChI is InChI=1S/C28H22N6O.C25H21N5O3S/c1-3-7-21(8-4-1)19-33-20-22(17-29-33)26-18-30-34-16-15-27(32-28(26)34)31-23-11-13-25(14-12-23)35-24-9-5-2-6-10-24;1-34(31,32)29-20-7-5-6-18(16-20)23-17-26-30-15-14-24(28-25(23)30)27-19-10-12-22(13-11-19)33-21-8-3-2-4-9-21/h1-18,20H,19H2,(H,31,32);2-17,29H,1H3,(H,27,28). The lowest BCUT2D eigenvalue weighted by atomic mass is 10.1. The van der Waals surface area contributed by atoms with Crippen molar-refractivity contribution in [2.45, 2.75) is 6.54 Å². The molecule has 0 atom stereocenters. The Morgan fingerprint density at radius 1 is 0.493 bits per heavy atom. The van der Waals surface area contributed by atoms with Crippen LogP contribution in [0, 0.1) is 0 Å². The topological polar surface area (TPSA) is 167 Å². The molecule has 11 aromatic rings. The summed E-state index contributed by atoms with van der Waals surface area (Å²) in [6.07, 6.45) is 12.3. The van der Waals surface area contributed by atoms with Gasteiger partial charge in [-0.2, -0.15) is 15.3 Å². The quantitative estimate of drug-likeness (QED) is 0.0949. The molecule has 6 aromatic carbocycles. The number of anilines is 5. The molecule has 5 aromatic heterocycles. The van der Waals surface area contributed by atoms with E-state index in [4.69, 9.17) is 19.4 Å². The summed E-state index contributed by atoms with van der Waals surface area (Å²) in [5.41, 5.74) is 8.35. The van der Waals surface area contributed by atoms with Crippen molar-refractivity contribution in [1.29, 1.82) is 0 Å². The summed E-state index contributed by atoms with van der Waals surface area (Å²) >= 11 is 0. The first-order chi connectivity index (χ1) is 33.7. The van der Waals surface area contributed by atoms with Crippen LogP contribution in [0.4, 0.5) is 28.7 Å².